The first-order chi connectivity index (χ1) is 13.0. The largest absolute Gasteiger partial charge is 0.340 e. The summed E-state index contributed by atoms with van der Waals surface area (Å²) in [6.07, 6.45) is 0.628. The number of nitrogens with zero attached hydrogens (tertiary/aromatic N) is 4. The first kappa shape index (κ1) is 17.5. The zero-order chi connectivity index (χ0) is 19.0. The second kappa shape index (κ2) is 7.00. The van der Waals surface area contributed by atoms with Gasteiger partial charge in [0.25, 0.3) is 5.78 Å². The van der Waals surface area contributed by atoms with Gasteiger partial charge in [-0.25, -0.2) is 4.98 Å². The van der Waals surface area contributed by atoms with Crippen LogP contribution >= 0.6 is 11.6 Å². The zero-order valence-corrected chi connectivity index (χ0v) is 16.2. The van der Waals surface area contributed by atoms with Gasteiger partial charge in [-0.1, -0.05) is 41.4 Å². The Balaban J connectivity index is 1.70. The summed E-state index contributed by atoms with van der Waals surface area (Å²) < 4.78 is 1.76. The van der Waals surface area contributed by atoms with E-state index in [1.807, 2.05) is 37.3 Å². The molecule has 0 atom stereocenters. The van der Waals surface area contributed by atoms with Crippen LogP contribution in [0.1, 0.15) is 28.2 Å². The number of hydrogen-bond acceptors (Lipinski definition) is 4. The molecule has 136 valence electrons. The second-order valence-electron chi connectivity index (χ2n) is 6.77. The van der Waals surface area contributed by atoms with Gasteiger partial charge < -0.3 is 5.32 Å². The molecule has 2 heterocycles. The minimum absolute atomic E-state index is 0.589. The van der Waals surface area contributed by atoms with Gasteiger partial charge in [-0.15, -0.1) is 5.10 Å². The summed E-state index contributed by atoms with van der Waals surface area (Å²) in [6, 6.07) is 16.0. The van der Waals surface area contributed by atoms with E-state index in [-0.39, 0.29) is 0 Å². The fourth-order valence-electron chi connectivity index (χ4n) is 3.07. The minimum atomic E-state index is 0.589. The van der Waals surface area contributed by atoms with E-state index >= 15 is 0 Å². The Kier molecular flexibility index (Phi) is 4.54. The molecule has 0 bridgehead atoms. The van der Waals surface area contributed by atoms with E-state index in [4.69, 9.17) is 11.6 Å². The molecule has 0 aliphatic carbocycles. The van der Waals surface area contributed by atoms with Crippen molar-refractivity contribution in [1.82, 2.24) is 19.6 Å². The molecule has 2 aromatic carbocycles. The van der Waals surface area contributed by atoms with Crippen molar-refractivity contribution in [3.63, 3.8) is 0 Å². The molecule has 6 heteroatoms. The zero-order valence-electron chi connectivity index (χ0n) is 15.5. The summed E-state index contributed by atoms with van der Waals surface area (Å²) >= 11 is 5.96. The van der Waals surface area contributed by atoms with E-state index in [0.29, 0.717) is 12.2 Å². The van der Waals surface area contributed by atoms with Gasteiger partial charge in [-0.05, 0) is 50.1 Å². The maximum absolute atomic E-state index is 5.96. The number of aryl methyl sites for hydroxylation is 3. The van der Waals surface area contributed by atoms with E-state index in [9.17, 15) is 0 Å². The quantitative estimate of drug-likeness (QED) is 0.541. The second-order valence-corrected chi connectivity index (χ2v) is 7.21. The molecule has 2 aromatic heterocycles. The average Bonchev–Trinajstić information content (AvgIpc) is 3.01. The predicted molar refractivity (Wildman–Crippen MR) is 109 cm³/mol. The maximum Gasteiger partial charge on any atom is 0.254 e. The van der Waals surface area contributed by atoms with E-state index in [1.54, 1.807) is 4.52 Å². The third kappa shape index (κ3) is 3.78. The molecule has 0 aliphatic heterocycles. The lowest BCUT2D eigenvalue weighted by atomic mass is 10.1. The van der Waals surface area contributed by atoms with Crippen LogP contribution < -0.4 is 5.32 Å². The standard InChI is InChI=1S/C21H20ClN5/c1-13-4-9-18(14(2)10-13)24-20-11-15(3)23-21-25-19(26-27(20)21)12-16-5-7-17(22)8-6-16/h4-11,24H,12H2,1-3H3. The van der Waals surface area contributed by atoms with Crippen LogP contribution in [0.4, 0.5) is 11.5 Å². The van der Waals surface area contributed by atoms with Gasteiger partial charge in [-0.3, -0.25) is 0 Å². The third-order valence-corrected chi connectivity index (χ3v) is 4.66. The lowest BCUT2D eigenvalue weighted by Crippen LogP contribution is -2.04. The molecule has 27 heavy (non-hydrogen) atoms. The summed E-state index contributed by atoms with van der Waals surface area (Å²) in [4.78, 5) is 9.12. The highest BCUT2D eigenvalue weighted by Crippen LogP contribution is 2.22. The van der Waals surface area contributed by atoms with Crippen molar-refractivity contribution in [2.75, 3.05) is 5.32 Å². The van der Waals surface area contributed by atoms with E-state index in [0.717, 1.165) is 33.6 Å². The molecule has 0 radical (unpaired) electrons. The van der Waals surface area contributed by atoms with Crippen LogP contribution in [0.15, 0.2) is 48.5 Å². The Morgan fingerprint density at radius 3 is 2.48 bits per heavy atom. The fraction of sp³-hybridized carbons (Fsp3) is 0.190. The lowest BCUT2D eigenvalue weighted by Gasteiger charge is -2.11. The Morgan fingerprint density at radius 2 is 1.74 bits per heavy atom. The Labute approximate surface area is 163 Å². The normalized spacial score (nSPS) is 11.1. The minimum Gasteiger partial charge on any atom is -0.340 e. The topological polar surface area (TPSA) is 55.1 Å². The smallest absolute Gasteiger partial charge is 0.254 e. The van der Waals surface area contributed by atoms with Crippen LogP contribution in [0.5, 0.6) is 0 Å². The highest BCUT2D eigenvalue weighted by molar-refractivity contribution is 6.30. The molecule has 0 saturated heterocycles. The maximum atomic E-state index is 5.96. The van der Waals surface area contributed by atoms with Crippen molar-refractivity contribution >= 4 is 28.9 Å². The number of benzene rings is 2. The molecular formula is C21H20ClN5. The molecule has 0 amide bonds. The number of rotatable bonds is 4. The monoisotopic (exact) mass is 377 g/mol. The molecule has 0 saturated carbocycles. The third-order valence-electron chi connectivity index (χ3n) is 4.40. The number of hydrogen-bond donors (Lipinski definition) is 1. The first-order valence-electron chi connectivity index (χ1n) is 8.80. The van der Waals surface area contributed by atoms with Gasteiger partial charge in [0.15, 0.2) is 5.82 Å². The molecule has 1 N–H and O–H groups in total. The molecule has 0 spiro atoms. The Morgan fingerprint density at radius 1 is 0.963 bits per heavy atom. The molecule has 0 unspecified atom stereocenters. The SMILES string of the molecule is Cc1ccc(Nc2cc(C)nc3nc(Cc4ccc(Cl)cc4)nn23)c(C)c1. The predicted octanol–water partition coefficient (Wildman–Crippen LogP) is 5.04. The van der Waals surface area contributed by atoms with Crippen LogP contribution in [-0.4, -0.2) is 19.6 Å². The lowest BCUT2D eigenvalue weighted by molar-refractivity contribution is 0.893. The van der Waals surface area contributed by atoms with Gasteiger partial charge >= 0.3 is 0 Å². The molecular weight excluding hydrogens is 358 g/mol. The fourth-order valence-corrected chi connectivity index (χ4v) is 3.19. The number of fused-ring (bicyclic) bond motifs is 1. The van der Waals surface area contributed by atoms with E-state index in [1.165, 1.54) is 11.1 Å². The van der Waals surface area contributed by atoms with Gasteiger partial charge in [0.1, 0.15) is 5.82 Å². The van der Waals surface area contributed by atoms with Crippen molar-refractivity contribution in [2.45, 2.75) is 27.2 Å². The number of halogens is 1. The van der Waals surface area contributed by atoms with Crippen LogP contribution in [0.2, 0.25) is 5.02 Å². The van der Waals surface area contributed by atoms with Crippen LogP contribution in [0, 0.1) is 20.8 Å². The number of anilines is 2. The summed E-state index contributed by atoms with van der Waals surface area (Å²) in [7, 11) is 0. The van der Waals surface area contributed by atoms with E-state index in [2.05, 4.69) is 52.4 Å². The van der Waals surface area contributed by atoms with Crippen LogP contribution in [0.25, 0.3) is 5.78 Å². The summed E-state index contributed by atoms with van der Waals surface area (Å²) in [5.74, 6) is 2.16. The van der Waals surface area contributed by atoms with Gasteiger partial charge in [0.05, 0.1) is 0 Å². The van der Waals surface area contributed by atoms with Crippen molar-refractivity contribution < 1.29 is 0 Å². The molecule has 5 nitrogen and oxygen atoms in total. The van der Waals surface area contributed by atoms with Crippen molar-refractivity contribution in [3.05, 3.63) is 81.8 Å². The average molecular weight is 378 g/mol. The van der Waals surface area contributed by atoms with Crippen molar-refractivity contribution in [2.24, 2.45) is 0 Å². The molecule has 0 aliphatic rings. The summed E-state index contributed by atoms with van der Waals surface area (Å²) in [6.45, 7) is 6.14. The van der Waals surface area contributed by atoms with Gasteiger partial charge in [0, 0.05) is 28.9 Å². The Bertz CT molecular complexity index is 1120. The summed E-state index contributed by atoms with van der Waals surface area (Å²) in [5.41, 5.74) is 5.46. The summed E-state index contributed by atoms with van der Waals surface area (Å²) in [5, 5.41) is 8.85. The van der Waals surface area contributed by atoms with Gasteiger partial charge in [0.2, 0.25) is 0 Å². The number of aromatic nitrogens is 4. The van der Waals surface area contributed by atoms with Crippen LogP contribution in [-0.2, 0) is 6.42 Å². The van der Waals surface area contributed by atoms with E-state index < -0.39 is 0 Å². The van der Waals surface area contributed by atoms with Crippen molar-refractivity contribution in [1.29, 1.82) is 0 Å². The first-order valence-corrected chi connectivity index (χ1v) is 9.18. The van der Waals surface area contributed by atoms with Crippen LogP contribution in [0.3, 0.4) is 0 Å². The molecule has 0 fully saturated rings. The number of nitrogens with one attached hydrogen (secondary N) is 1. The Hall–Kier alpha value is -2.92. The van der Waals surface area contributed by atoms with Gasteiger partial charge in [-0.2, -0.15) is 9.50 Å². The molecule has 4 aromatic rings. The highest BCUT2D eigenvalue weighted by atomic mass is 35.5. The molecule has 4 rings (SSSR count). The van der Waals surface area contributed by atoms with Crippen molar-refractivity contribution in [3.8, 4) is 0 Å². The highest BCUT2D eigenvalue weighted by Gasteiger charge is 2.11.